The van der Waals surface area contributed by atoms with Crippen molar-refractivity contribution in [2.45, 2.75) is 65.0 Å². The lowest BCUT2D eigenvalue weighted by Gasteiger charge is -2.45. The third-order valence-corrected chi connectivity index (χ3v) is 5.09. The number of hydrogen-bond acceptors (Lipinski definition) is 2. The van der Waals surface area contributed by atoms with E-state index in [0.29, 0.717) is 5.41 Å². The Morgan fingerprint density at radius 1 is 1.29 bits per heavy atom. The van der Waals surface area contributed by atoms with Gasteiger partial charge in [0.2, 0.25) is 0 Å². The Hall–Kier alpha value is -0.0800. The van der Waals surface area contributed by atoms with Gasteiger partial charge in [0.25, 0.3) is 0 Å². The lowest BCUT2D eigenvalue weighted by molar-refractivity contribution is 0.0811. The third kappa shape index (κ3) is 3.03. The first-order chi connectivity index (χ1) is 8.05. The third-order valence-electron chi connectivity index (χ3n) is 5.09. The van der Waals surface area contributed by atoms with E-state index < -0.39 is 0 Å². The molecule has 1 N–H and O–H groups in total. The Bertz CT molecular complexity index is 249. The molecule has 2 heteroatoms. The molecule has 1 aliphatic heterocycles. The van der Waals surface area contributed by atoms with Crippen LogP contribution in [0, 0.1) is 11.3 Å². The van der Waals surface area contributed by atoms with Gasteiger partial charge >= 0.3 is 0 Å². The lowest BCUT2D eigenvalue weighted by Crippen LogP contribution is -2.53. The summed E-state index contributed by atoms with van der Waals surface area (Å²) in [7, 11) is 2.14. The van der Waals surface area contributed by atoms with Crippen LogP contribution in [0.1, 0.15) is 52.9 Å². The largest absolute Gasteiger partial charge is 0.315 e. The average molecular weight is 238 g/mol. The van der Waals surface area contributed by atoms with Crippen LogP contribution in [0.3, 0.4) is 0 Å². The maximum atomic E-state index is 3.56. The lowest BCUT2D eigenvalue weighted by atomic mass is 9.72. The molecule has 3 unspecified atom stereocenters. The van der Waals surface area contributed by atoms with Crippen LogP contribution in [0.5, 0.6) is 0 Å². The van der Waals surface area contributed by atoms with Crippen molar-refractivity contribution in [2.75, 3.05) is 20.1 Å². The van der Waals surface area contributed by atoms with E-state index in [1.165, 1.54) is 45.2 Å². The fourth-order valence-electron chi connectivity index (χ4n) is 3.77. The topological polar surface area (TPSA) is 15.3 Å². The Morgan fingerprint density at radius 2 is 2.06 bits per heavy atom. The number of likely N-dealkylation sites (tertiary alicyclic amines) is 1. The first-order valence-corrected chi connectivity index (χ1v) is 7.47. The van der Waals surface area contributed by atoms with Crippen molar-refractivity contribution < 1.29 is 0 Å². The molecule has 100 valence electrons. The average Bonchev–Trinajstić information content (AvgIpc) is 2.76. The first kappa shape index (κ1) is 13.4. The summed E-state index contributed by atoms with van der Waals surface area (Å²) in [5, 5.41) is 3.56. The molecule has 0 aromatic rings. The summed E-state index contributed by atoms with van der Waals surface area (Å²) in [6.45, 7) is 9.90. The molecule has 2 aliphatic rings. The molecule has 0 bridgehead atoms. The quantitative estimate of drug-likeness (QED) is 0.813. The summed E-state index contributed by atoms with van der Waals surface area (Å²) in [5.74, 6) is 0.956. The van der Waals surface area contributed by atoms with Crippen molar-refractivity contribution in [3.05, 3.63) is 0 Å². The van der Waals surface area contributed by atoms with Crippen molar-refractivity contribution >= 4 is 0 Å². The zero-order valence-corrected chi connectivity index (χ0v) is 12.1. The minimum atomic E-state index is 0.544. The van der Waals surface area contributed by atoms with Gasteiger partial charge in [-0.3, -0.25) is 4.90 Å². The van der Waals surface area contributed by atoms with E-state index in [9.17, 15) is 0 Å². The molecule has 0 aromatic heterocycles. The molecule has 1 saturated carbocycles. The summed E-state index contributed by atoms with van der Waals surface area (Å²) in [6.07, 6.45) is 6.87. The van der Waals surface area contributed by atoms with Gasteiger partial charge in [-0.25, -0.2) is 0 Å². The van der Waals surface area contributed by atoms with Gasteiger partial charge in [0, 0.05) is 18.6 Å². The molecule has 0 radical (unpaired) electrons. The fraction of sp³-hybridized carbons (Fsp3) is 1.00. The summed E-state index contributed by atoms with van der Waals surface area (Å²) in [6, 6.07) is 1.50. The predicted octanol–water partition coefficient (Wildman–Crippen LogP) is 2.89. The van der Waals surface area contributed by atoms with Crippen LogP contribution in [0.4, 0.5) is 0 Å². The van der Waals surface area contributed by atoms with Crippen molar-refractivity contribution in [2.24, 2.45) is 11.3 Å². The van der Waals surface area contributed by atoms with Gasteiger partial charge in [0.05, 0.1) is 0 Å². The highest BCUT2D eigenvalue weighted by atomic mass is 15.2. The van der Waals surface area contributed by atoms with Gasteiger partial charge in [-0.05, 0) is 50.6 Å². The van der Waals surface area contributed by atoms with Crippen LogP contribution < -0.4 is 5.32 Å². The highest BCUT2D eigenvalue weighted by molar-refractivity contribution is 4.95. The summed E-state index contributed by atoms with van der Waals surface area (Å²) in [5.41, 5.74) is 0.544. The van der Waals surface area contributed by atoms with E-state index in [0.717, 1.165) is 18.0 Å². The monoisotopic (exact) mass is 238 g/mol. The molecule has 1 saturated heterocycles. The van der Waals surface area contributed by atoms with Gasteiger partial charge in [-0.2, -0.15) is 0 Å². The van der Waals surface area contributed by atoms with Crippen molar-refractivity contribution in [3.8, 4) is 0 Å². The van der Waals surface area contributed by atoms with E-state index in [2.05, 4.69) is 38.0 Å². The molecule has 2 rings (SSSR count). The normalized spacial score (nSPS) is 38.5. The Balaban J connectivity index is 2.00. The molecule has 1 heterocycles. The van der Waals surface area contributed by atoms with Gasteiger partial charge < -0.3 is 5.32 Å². The second-order valence-electron chi connectivity index (χ2n) is 6.93. The fourth-order valence-corrected chi connectivity index (χ4v) is 3.77. The number of nitrogens with zero attached hydrogens (tertiary/aromatic N) is 1. The highest BCUT2D eigenvalue weighted by Gasteiger charge is 2.39. The highest BCUT2D eigenvalue weighted by Crippen LogP contribution is 2.39. The van der Waals surface area contributed by atoms with Gasteiger partial charge in [-0.15, -0.1) is 0 Å². The van der Waals surface area contributed by atoms with E-state index in [1.807, 2.05) is 0 Å². The second-order valence-corrected chi connectivity index (χ2v) is 6.93. The Labute approximate surface area is 107 Å². The molecule has 17 heavy (non-hydrogen) atoms. The van der Waals surface area contributed by atoms with E-state index >= 15 is 0 Å². The van der Waals surface area contributed by atoms with E-state index in [-0.39, 0.29) is 0 Å². The Morgan fingerprint density at radius 3 is 2.65 bits per heavy atom. The minimum Gasteiger partial charge on any atom is -0.315 e. The number of nitrogens with one attached hydrogen (secondary N) is 1. The van der Waals surface area contributed by atoms with Gasteiger partial charge in [-0.1, -0.05) is 27.2 Å². The summed E-state index contributed by atoms with van der Waals surface area (Å²) < 4.78 is 0. The molecule has 2 nitrogen and oxygen atoms in total. The Kier molecular flexibility index (Phi) is 4.14. The molecular formula is C15H30N2. The summed E-state index contributed by atoms with van der Waals surface area (Å²) >= 11 is 0. The van der Waals surface area contributed by atoms with Crippen LogP contribution in [0.25, 0.3) is 0 Å². The number of rotatable bonds is 3. The van der Waals surface area contributed by atoms with Crippen molar-refractivity contribution in [1.82, 2.24) is 10.2 Å². The molecular weight excluding hydrogens is 208 g/mol. The zero-order chi connectivity index (χ0) is 12.5. The van der Waals surface area contributed by atoms with Crippen molar-refractivity contribution in [1.29, 1.82) is 0 Å². The SMILES string of the molecule is CCC1CCN(C2CC(C)(C)CCC2NC)C1. The molecule has 1 aliphatic carbocycles. The molecule has 2 fully saturated rings. The van der Waals surface area contributed by atoms with Crippen LogP contribution in [0.15, 0.2) is 0 Å². The second kappa shape index (κ2) is 5.27. The van der Waals surface area contributed by atoms with Crippen molar-refractivity contribution in [3.63, 3.8) is 0 Å². The maximum Gasteiger partial charge on any atom is 0.0254 e. The minimum absolute atomic E-state index is 0.544. The van der Waals surface area contributed by atoms with Gasteiger partial charge in [0.1, 0.15) is 0 Å². The maximum absolute atomic E-state index is 3.56. The van der Waals surface area contributed by atoms with Crippen LogP contribution in [0.2, 0.25) is 0 Å². The molecule has 0 amide bonds. The first-order valence-electron chi connectivity index (χ1n) is 7.47. The molecule has 0 spiro atoms. The summed E-state index contributed by atoms with van der Waals surface area (Å²) in [4.78, 5) is 2.77. The van der Waals surface area contributed by atoms with Crippen LogP contribution >= 0.6 is 0 Å². The van der Waals surface area contributed by atoms with Gasteiger partial charge in [0.15, 0.2) is 0 Å². The van der Waals surface area contributed by atoms with E-state index in [1.54, 1.807) is 0 Å². The number of likely N-dealkylation sites (N-methyl/N-ethyl adjacent to an activating group) is 1. The predicted molar refractivity (Wildman–Crippen MR) is 74.2 cm³/mol. The standard InChI is InChI=1S/C15H30N2/c1-5-12-7-9-17(11-12)14-10-15(2,3)8-6-13(14)16-4/h12-14,16H,5-11H2,1-4H3. The molecule has 3 atom stereocenters. The molecule has 0 aromatic carbocycles. The van der Waals surface area contributed by atoms with Crippen LogP contribution in [-0.2, 0) is 0 Å². The van der Waals surface area contributed by atoms with Crippen LogP contribution in [-0.4, -0.2) is 37.1 Å². The number of hydrogen-bond donors (Lipinski definition) is 1. The van der Waals surface area contributed by atoms with E-state index in [4.69, 9.17) is 0 Å². The smallest absolute Gasteiger partial charge is 0.0254 e. The zero-order valence-electron chi connectivity index (χ0n) is 12.1.